The van der Waals surface area contributed by atoms with Gasteiger partial charge in [0.25, 0.3) is 0 Å². The van der Waals surface area contributed by atoms with E-state index in [1.807, 2.05) is 0 Å². The number of hydrogen-bond acceptors (Lipinski definition) is 4. The van der Waals surface area contributed by atoms with Crippen LogP contribution in [0.1, 0.15) is 6.92 Å². The molecule has 0 heterocycles. The maximum Gasteiger partial charge on any atom is 0.247 e. The Morgan fingerprint density at radius 2 is 2.45 bits per heavy atom. The molecule has 0 aliphatic heterocycles. The van der Waals surface area contributed by atoms with Crippen molar-refractivity contribution in [1.29, 1.82) is 0 Å². The van der Waals surface area contributed by atoms with Gasteiger partial charge in [-0.05, 0) is 6.92 Å². The molecule has 5 nitrogen and oxygen atoms in total. The van der Waals surface area contributed by atoms with Crippen LogP contribution in [0, 0.1) is 10.1 Å². The lowest BCUT2D eigenvalue weighted by atomic mass is 10.2. The van der Waals surface area contributed by atoms with Crippen molar-refractivity contribution in [3.05, 3.63) is 23.0 Å². The van der Waals surface area contributed by atoms with Crippen molar-refractivity contribution in [3.8, 4) is 0 Å². The number of ether oxygens (including phenoxy) is 1. The van der Waals surface area contributed by atoms with Crippen molar-refractivity contribution in [2.24, 2.45) is 0 Å². The molecule has 0 fully saturated rings. The predicted molar refractivity (Wildman–Crippen MR) is 37.6 cm³/mol. The van der Waals surface area contributed by atoms with Gasteiger partial charge < -0.3 is 4.74 Å². The number of Topliss-reactive ketones (excluding diaryl/α,β-unsaturated/α-hetero) is 1. The second-order valence-electron chi connectivity index (χ2n) is 1.92. The largest absolute Gasteiger partial charge is 0.484 e. The van der Waals surface area contributed by atoms with E-state index in [-0.39, 0.29) is 5.78 Å². The van der Waals surface area contributed by atoms with Gasteiger partial charge in [-0.1, -0.05) is 6.58 Å². The van der Waals surface area contributed by atoms with Crippen LogP contribution in [0.15, 0.2) is 12.8 Å². The van der Waals surface area contributed by atoms with E-state index in [2.05, 4.69) is 11.3 Å². The van der Waals surface area contributed by atoms with E-state index in [1.54, 1.807) is 0 Å². The lowest BCUT2D eigenvalue weighted by Crippen LogP contribution is -2.28. The highest BCUT2D eigenvalue weighted by molar-refractivity contribution is 5.80. The summed E-state index contributed by atoms with van der Waals surface area (Å²) in [5.41, 5.74) is 0. The van der Waals surface area contributed by atoms with Gasteiger partial charge in [0.2, 0.25) is 12.6 Å². The van der Waals surface area contributed by atoms with Crippen molar-refractivity contribution in [1.82, 2.24) is 0 Å². The highest BCUT2D eigenvalue weighted by atomic mass is 16.6. The molecular formula is C6H9NO4. The molecule has 0 aliphatic rings. The van der Waals surface area contributed by atoms with Gasteiger partial charge in [0.05, 0.1) is 6.26 Å². The minimum atomic E-state index is -0.998. The molecule has 0 aromatic rings. The number of rotatable bonds is 5. The summed E-state index contributed by atoms with van der Waals surface area (Å²) in [6.45, 7) is 3.91. The summed E-state index contributed by atoms with van der Waals surface area (Å²) >= 11 is 0. The van der Waals surface area contributed by atoms with E-state index in [4.69, 9.17) is 0 Å². The Balaban J connectivity index is 3.99. The number of nitrogens with zero attached hydrogens (tertiary/aromatic N) is 1. The van der Waals surface area contributed by atoms with Crippen LogP contribution < -0.4 is 0 Å². The lowest BCUT2D eigenvalue weighted by Gasteiger charge is -2.06. The summed E-state index contributed by atoms with van der Waals surface area (Å²) in [6.07, 6.45) is 0.0257. The van der Waals surface area contributed by atoms with E-state index in [1.165, 1.54) is 6.92 Å². The number of hydrogen-bond donors (Lipinski definition) is 0. The molecule has 1 unspecified atom stereocenters. The summed E-state index contributed by atoms with van der Waals surface area (Å²) in [4.78, 5) is 19.9. The first kappa shape index (κ1) is 9.61. The molecule has 0 N–H and O–H groups in total. The van der Waals surface area contributed by atoms with Gasteiger partial charge >= 0.3 is 0 Å². The molecule has 11 heavy (non-hydrogen) atoms. The molecule has 5 heteroatoms. The minimum Gasteiger partial charge on any atom is -0.484 e. The smallest absolute Gasteiger partial charge is 0.247 e. The molecule has 62 valence electrons. The Labute approximate surface area is 63.8 Å². The molecule has 1 atom stereocenters. The first-order valence-corrected chi connectivity index (χ1v) is 2.96. The monoisotopic (exact) mass is 159 g/mol. The van der Waals surface area contributed by atoms with Crippen molar-refractivity contribution in [2.45, 2.75) is 13.0 Å². The highest BCUT2D eigenvalue weighted by Crippen LogP contribution is 1.94. The Bertz CT molecular complexity index is 177. The molecule has 0 saturated heterocycles. The van der Waals surface area contributed by atoms with Crippen LogP contribution in [0.5, 0.6) is 0 Å². The summed E-state index contributed by atoms with van der Waals surface area (Å²) in [7, 11) is 0. The van der Waals surface area contributed by atoms with Crippen LogP contribution >= 0.6 is 0 Å². The Kier molecular flexibility index (Phi) is 3.87. The maximum absolute atomic E-state index is 10.6. The average Bonchev–Trinajstić information content (AvgIpc) is 1.86. The van der Waals surface area contributed by atoms with Gasteiger partial charge in [-0.25, -0.2) is 0 Å². The molecular weight excluding hydrogens is 150 g/mol. The molecule has 0 bridgehead atoms. The third-order valence-electron chi connectivity index (χ3n) is 1.03. The van der Waals surface area contributed by atoms with Crippen LogP contribution in [0.25, 0.3) is 0 Å². The second kappa shape index (κ2) is 4.43. The van der Waals surface area contributed by atoms with Crippen LogP contribution in [0.4, 0.5) is 0 Å². The van der Waals surface area contributed by atoms with E-state index < -0.39 is 17.6 Å². The van der Waals surface area contributed by atoms with Gasteiger partial charge in [-0.3, -0.25) is 14.9 Å². The van der Waals surface area contributed by atoms with E-state index in [0.29, 0.717) is 0 Å². The molecule has 0 aromatic heterocycles. The van der Waals surface area contributed by atoms with Gasteiger partial charge in [-0.15, -0.1) is 0 Å². The van der Waals surface area contributed by atoms with Gasteiger partial charge in [-0.2, -0.15) is 0 Å². The zero-order valence-corrected chi connectivity index (χ0v) is 6.15. The van der Waals surface area contributed by atoms with Crippen molar-refractivity contribution < 1.29 is 14.5 Å². The minimum absolute atomic E-state index is 0.374. The molecule has 0 saturated carbocycles. The number of nitro groups is 1. The third-order valence-corrected chi connectivity index (χ3v) is 1.03. The van der Waals surface area contributed by atoms with Crippen LogP contribution in [0.2, 0.25) is 0 Å². The molecule has 0 radical (unpaired) electrons. The average molecular weight is 159 g/mol. The first-order valence-electron chi connectivity index (χ1n) is 2.96. The number of carbonyl (C=O) groups excluding carboxylic acids is 1. The summed E-state index contributed by atoms with van der Waals surface area (Å²) < 4.78 is 4.59. The van der Waals surface area contributed by atoms with Crippen LogP contribution in [0.3, 0.4) is 0 Å². The standard InChI is InChI=1S/C6H9NO4/c1-3-11-6(5(2)8)4-7(9)10/h3,6H,1,4H2,2H3. The van der Waals surface area contributed by atoms with E-state index in [9.17, 15) is 14.9 Å². The summed E-state index contributed by atoms with van der Waals surface area (Å²) in [6, 6.07) is 0. The summed E-state index contributed by atoms with van der Waals surface area (Å²) in [5.74, 6) is -0.374. The summed E-state index contributed by atoms with van der Waals surface area (Å²) in [5, 5.41) is 9.93. The Morgan fingerprint density at radius 1 is 1.91 bits per heavy atom. The third kappa shape index (κ3) is 4.07. The topological polar surface area (TPSA) is 69.4 Å². The zero-order chi connectivity index (χ0) is 8.85. The second-order valence-corrected chi connectivity index (χ2v) is 1.92. The van der Waals surface area contributed by atoms with E-state index >= 15 is 0 Å². The fourth-order valence-corrected chi connectivity index (χ4v) is 0.519. The Hall–Kier alpha value is -1.39. The SMILES string of the molecule is C=COC(C[N+](=O)[O-])C(C)=O. The van der Waals surface area contributed by atoms with E-state index in [0.717, 1.165) is 6.26 Å². The maximum atomic E-state index is 10.6. The zero-order valence-electron chi connectivity index (χ0n) is 6.15. The first-order chi connectivity index (χ1) is 5.07. The predicted octanol–water partition coefficient (Wildman–Crippen LogP) is 0.381. The Morgan fingerprint density at radius 3 is 2.73 bits per heavy atom. The number of ketones is 1. The normalized spacial score (nSPS) is 11.7. The van der Waals surface area contributed by atoms with Gasteiger partial charge in [0, 0.05) is 4.92 Å². The van der Waals surface area contributed by atoms with Crippen molar-refractivity contribution in [2.75, 3.05) is 6.54 Å². The van der Waals surface area contributed by atoms with Crippen LogP contribution in [-0.2, 0) is 9.53 Å². The quantitative estimate of drug-likeness (QED) is 0.330. The number of carbonyl (C=O) groups is 1. The van der Waals surface area contributed by atoms with Crippen molar-refractivity contribution in [3.63, 3.8) is 0 Å². The lowest BCUT2D eigenvalue weighted by molar-refractivity contribution is -0.487. The van der Waals surface area contributed by atoms with Crippen molar-refractivity contribution >= 4 is 5.78 Å². The fraction of sp³-hybridized carbons (Fsp3) is 0.500. The molecule has 0 rings (SSSR count). The molecule has 0 aliphatic carbocycles. The molecule has 0 amide bonds. The highest BCUT2D eigenvalue weighted by Gasteiger charge is 2.20. The van der Waals surface area contributed by atoms with Gasteiger partial charge in [0.15, 0.2) is 5.78 Å². The fourth-order valence-electron chi connectivity index (χ4n) is 0.519. The van der Waals surface area contributed by atoms with Crippen LogP contribution in [-0.4, -0.2) is 23.4 Å². The van der Waals surface area contributed by atoms with Gasteiger partial charge in [0.1, 0.15) is 0 Å². The molecule has 0 spiro atoms. The molecule has 0 aromatic carbocycles.